The fraction of sp³-hybridized carbons (Fsp3) is 0.500. The van der Waals surface area contributed by atoms with Crippen LogP contribution in [0, 0.1) is 6.92 Å². The van der Waals surface area contributed by atoms with Gasteiger partial charge in [0.15, 0.2) is 9.84 Å². The number of carbonyl (C=O) groups excluding carboxylic acids is 1. The third kappa shape index (κ3) is 6.19. The van der Waals surface area contributed by atoms with Gasteiger partial charge in [-0.1, -0.05) is 56.0 Å². The highest BCUT2D eigenvalue weighted by Crippen LogP contribution is 2.34. The van der Waals surface area contributed by atoms with Crippen LogP contribution in [0.1, 0.15) is 69.4 Å². The number of aryl methyl sites for hydroxylation is 1. The molecule has 2 N–H and O–H groups in total. The molecule has 2 heterocycles. The molecule has 5 rings (SSSR count). The second-order valence-corrected chi connectivity index (χ2v) is 13.2. The van der Waals surface area contributed by atoms with Gasteiger partial charge in [0.1, 0.15) is 5.82 Å². The minimum absolute atomic E-state index is 0.00939. The molecule has 1 fully saturated rings. The number of aromatic nitrogens is 2. The first kappa shape index (κ1) is 27.4. The van der Waals surface area contributed by atoms with E-state index in [0.29, 0.717) is 42.7 Å². The summed E-state index contributed by atoms with van der Waals surface area (Å²) in [6.07, 6.45) is 7.88. The van der Waals surface area contributed by atoms with E-state index in [0.717, 1.165) is 67.0 Å². The van der Waals surface area contributed by atoms with E-state index in [9.17, 15) is 13.2 Å². The SMILES string of the molecule is CCCCCCC(=O)NC1(CNc2nc(N3CCS(=O)(=O)c4ccccc4C3)nc3ccc(C)cc23)CCC1. The number of hydrogen-bond donors (Lipinski definition) is 2. The Kier molecular flexibility index (Phi) is 8.07. The molecule has 9 heteroatoms. The van der Waals surface area contributed by atoms with E-state index in [1.807, 2.05) is 36.1 Å². The van der Waals surface area contributed by atoms with E-state index in [1.54, 1.807) is 12.1 Å². The zero-order valence-electron chi connectivity index (χ0n) is 23.0. The zero-order valence-corrected chi connectivity index (χ0v) is 23.8. The molecule has 1 aliphatic carbocycles. The number of nitrogens with one attached hydrogen (secondary N) is 2. The summed E-state index contributed by atoms with van der Waals surface area (Å²) >= 11 is 0. The van der Waals surface area contributed by atoms with Crippen molar-refractivity contribution in [1.82, 2.24) is 15.3 Å². The lowest BCUT2D eigenvalue weighted by atomic mass is 9.76. The van der Waals surface area contributed by atoms with Crippen molar-refractivity contribution < 1.29 is 13.2 Å². The second kappa shape index (κ2) is 11.5. The fourth-order valence-corrected chi connectivity index (χ4v) is 7.01. The Balaban J connectivity index is 1.39. The molecule has 0 saturated heterocycles. The molecule has 8 nitrogen and oxygen atoms in total. The summed E-state index contributed by atoms with van der Waals surface area (Å²) in [7, 11) is -3.38. The van der Waals surface area contributed by atoms with E-state index >= 15 is 0 Å². The van der Waals surface area contributed by atoms with Crippen LogP contribution in [-0.2, 0) is 21.2 Å². The summed E-state index contributed by atoms with van der Waals surface area (Å²) in [6.45, 7) is 5.53. The Morgan fingerprint density at radius 2 is 1.90 bits per heavy atom. The highest BCUT2D eigenvalue weighted by atomic mass is 32.2. The number of benzene rings is 2. The Morgan fingerprint density at radius 1 is 1.08 bits per heavy atom. The minimum atomic E-state index is -3.38. The lowest BCUT2D eigenvalue weighted by molar-refractivity contribution is -0.124. The van der Waals surface area contributed by atoms with Crippen LogP contribution in [0.25, 0.3) is 10.9 Å². The molecule has 0 spiro atoms. The van der Waals surface area contributed by atoms with Gasteiger partial charge in [0.25, 0.3) is 0 Å². The lowest BCUT2D eigenvalue weighted by Crippen LogP contribution is -2.57. The first-order chi connectivity index (χ1) is 18.8. The van der Waals surface area contributed by atoms with E-state index < -0.39 is 9.84 Å². The molecule has 0 bridgehead atoms. The van der Waals surface area contributed by atoms with Gasteiger partial charge in [-0.3, -0.25) is 4.79 Å². The summed E-state index contributed by atoms with van der Waals surface area (Å²) in [5, 5.41) is 7.80. The molecular formula is C30H39N5O3S. The van der Waals surface area contributed by atoms with Crippen LogP contribution in [-0.4, -0.2) is 48.7 Å². The number of carbonyl (C=O) groups is 1. The number of anilines is 2. The van der Waals surface area contributed by atoms with Crippen molar-refractivity contribution in [1.29, 1.82) is 0 Å². The van der Waals surface area contributed by atoms with Gasteiger partial charge in [0, 0.05) is 31.4 Å². The fourth-order valence-electron chi connectivity index (χ4n) is 5.51. The maximum atomic E-state index is 12.9. The number of unbranched alkanes of at least 4 members (excludes halogenated alkanes) is 3. The summed E-state index contributed by atoms with van der Waals surface area (Å²) in [4.78, 5) is 24.8. The van der Waals surface area contributed by atoms with E-state index in [4.69, 9.17) is 9.97 Å². The van der Waals surface area contributed by atoms with Crippen molar-refractivity contribution in [3.63, 3.8) is 0 Å². The van der Waals surface area contributed by atoms with Crippen LogP contribution in [0.2, 0.25) is 0 Å². The maximum absolute atomic E-state index is 12.9. The van der Waals surface area contributed by atoms with Crippen LogP contribution in [0.15, 0.2) is 47.4 Å². The minimum Gasteiger partial charge on any atom is -0.367 e. The number of amides is 1. The molecule has 0 unspecified atom stereocenters. The van der Waals surface area contributed by atoms with Gasteiger partial charge >= 0.3 is 0 Å². The van der Waals surface area contributed by atoms with Gasteiger partial charge in [-0.15, -0.1) is 0 Å². The number of nitrogens with zero attached hydrogens (tertiary/aromatic N) is 3. The molecule has 2 aliphatic rings. The van der Waals surface area contributed by atoms with Crippen molar-refractivity contribution in [3.05, 3.63) is 53.6 Å². The maximum Gasteiger partial charge on any atom is 0.228 e. The number of fused-ring (bicyclic) bond motifs is 2. The molecule has 1 aromatic heterocycles. The predicted molar refractivity (Wildman–Crippen MR) is 156 cm³/mol. The van der Waals surface area contributed by atoms with Gasteiger partial charge in [-0.05, 0) is 56.4 Å². The van der Waals surface area contributed by atoms with E-state index in [2.05, 4.69) is 23.6 Å². The average Bonchev–Trinajstić information content (AvgIpc) is 3.03. The normalized spacial score (nSPS) is 17.6. The van der Waals surface area contributed by atoms with Crippen LogP contribution >= 0.6 is 0 Å². The van der Waals surface area contributed by atoms with Crippen LogP contribution in [0.5, 0.6) is 0 Å². The molecule has 0 radical (unpaired) electrons. The molecular weight excluding hydrogens is 510 g/mol. The Hall–Kier alpha value is -3.20. The average molecular weight is 550 g/mol. The topological polar surface area (TPSA) is 104 Å². The van der Waals surface area contributed by atoms with Crippen molar-refractivity contribution in [2.24, 2.45) is 0 Å². The second-order valence-electron chi connectivity index (χ2n) is 11.1. The molecule has 39 heavy (non-hydrogen) atoms. The predicted octanol–water partition coefficient (Wildman–Crippen LogP) is 5.15. The first-order valence-corrected chi connectivity index (χ1v) is 15.8. The van der Waals surface area contributed by atoms with E-state index in [-0.39, 0.29) is 17.2 Å². The third-order valence-electron chi connectivity index (χ3n) is 7.99. The summed E-state index contributed by atoms with van der Waals surface area (Å²) in [6, 6.07) is 13.3. The zero-order chi connectivity index (χ0) is 27.5. The van der Waals surface area contributed by atoms with Gasteiger partial charge in [-0.25, -0.2) is 13.4 Å². The summed E-state index contributed by atoms with van der Waals surface area (Å²) in [5.74, 6) is 1.35. The number of rotatable bonds is 10. The monoisotopic (exact) mass is 549 g/mol. The van der Waals surface area contributed by atoms with Gasteiger partial charge in [-0.2, -0.15) is 4.98 Å². The molecule has 1 amide bonds. The summed E-state index contributed by atoms with van der Waals surface area (Å²) < 4.78 is 25.8. The molecule has 2 aromatic carbocycles. The third-order valence-corrected chi connectivity index (χ3v) is 9.78. The Morgan fingerprint density at radius 3 is 2.67 bits per heavy atom. The number of hydrogen-bond acceptors (Lipinski definition) is 7. The highest BCUT2D eigenvalue weighted by molar-refractivity contribution is 7.91. The highest BCUT2D eigenvalue weighted by Gasteiger charge is 2.38. The molecule has 1 aliphatic heterocycles. The van der Waals surface area contributed by atoms with Gasteiger partial charge in [0.05, 0.1) is 21.7 Å². The largest absolute Gasteiger partial charge is 0.367 e. The van der Waals surface area contributed by atoms with Crippen LogP contribution in [0.3, 0.4) is 0 Å². The lowest BCUT2D eigenvalue weighted by Gasteiger charge is -2.43. The first-order valence-electron chi connectivity index (χ1n) is 14.2. The van der Waals surface area contributed by atoms with Gasteiger partial charge in [0.2, 0.25) is 11.9 Å². The Bertz CT molecular complexity index is 1450. The smallest absolute Gasteiger partial charge is 0.228 e. The van der Waals surface area contributed by atoms with Crippen molar-refractivity contribution in [3.8, 4) is 0 Å². The molecule has 1 saturated carbocycles. The van der Waals surface area contributed by atoms with Crippen molar-refractivity contribution in [2.75, 3.05) is 29.1 Å². The molecule has 0 atom stereocenters. The van der Waals surface area contributed by atoms with E-state index in [1.165, 1.54) is 0 Å². The summed E-state index contributed by atoms with van der Waals surface area (Å²) in [5.41, 5.74) is 2.40. The van der Waals surface area contributed by atoms with Crippen molar-refractivity contribution >= 4 is 38.4 Å². The quantitative estimate of drug-likeness (QED) is 0.337. The van der Waals surface area contributed by atoms with Crippen LogP contribution in [0.4, 0.5) is 11.8 Å². The standard InChI is InChI=1S/C30H39N5O3S/c1-3-4-5-6-12-27(36)34-30(15-9-16-30)21-31-28-24-19-22(2)13-14-25(24)32-29(33-28)35-17-18-39(37,38)26-11-8-7-10-23(26)20-35/h7-8,10-11,13-14,19H,3-6,9,12,15-18,20-21H2,1-2H3,(H,34,36)(H,31,32,33). The van der Waals surface area contributed by atoms with Crippen LogP contribution < -0.4 is 15.5 Å². The Labute approximate surface area is 231 Å². The molecule has 208 valence electrons. The van der Waals surface area contributed by atoms with Gasteiger partial charge < -0.3 is 15.5 Å². The number of sulfone groups is 1. The molecule has 3 aromatic rings. The van der Waals surface area contributed by atoms with Crippen molar-refractivity contribution in [2.45, 2.75) is 82.2 Å².